The molecule has 0 spiro atoms. The Morgan fingerprint density at radius 1 is 1.14 bits per heavy atom. The van der Waals surface area contributed by atoms with Gasteiger partial charge in [-0.1, -0.05) is 12.1 Å². The molecule has 0 bridgehead atoms. The van der Waals surface area contributed by atoms with Gasteiger partial charge < -0.3 is 5.32 Å². The van der Waals surface area contributed by atoms with Gasteiger partial charge in [-0.15, -0.1) is 0 Å². The molecule has 1 aromatic carbocycles. The Kier molecular flexibility index (Phi) is 1.57. The van der Waals surface area contributed by atoms with Crippen molar-refractivity contribution in [2.24, 2.45) is 0 Å². The molecule has 1 fully saturated rings. The molecule has 4 N–H and O–H groups in total. The zero-order valence-electron chi connectivity index (χ0n) is 7.37. The molecule has 2 aliphatic rings. The zero-order valence-corrected chi connectivity index (χ0v) is 7.37. The van der Waals surface area contributed by atoms with E-state index in [2.05, 4.69) is 21.7 Å². The van der Waals surface area contributed by atoms with Crippen LogP contribution in [0.3, 0.4) is 0 Å². The van der Waals surface area contributed by atoms with Gasteiger partial charge in [-0.3, -0.25) is 4.79 Å². The van der Waals surface area contributed by atoms with Gasteiger partial charge in [-0.05, 0) is 12.1 Å². The highest BCUT2D eigenvalue weighted by Crippen LogP contribution is 2.24. The minimum Gasteiger partial charge on any atom is -0.366 e. The fourth-order valence-corrected chi connectivity index (χ4v) is 1.86. The third kappa shape index (κ3) is 0.971. The van der Waals surface area contributed by atoms with Crippen molar-refractivity contribution in [3.8, 4) is 0 Å². The van der Waals surface area contributed by atoms with Crippen LogP contribution in [0.2, 0.25) is 0 Å². The molecule has 1 aromatic rings. The van der Waals surface area contributed by atoms with Crippen LogP contribution in [0.15, 0.2) is 24.3 Å². The number of hydrazine groups is 2. The lowest BCUT2D eigenvalue weighted by Gasteiger charge is -2.26. The number of rotatable bonds is 0. The quantitative estimate of drug-likeness (QED) is 0.448. The molecule has 72 valence electrons. The Labute approximate surface area is 80.8 Å². The van der Waals surface area contributed by atoms with E-state index >= 15 is 0 Å². The number of carbonyl (C=O) groups is 1. The number of nitrogens with one attached hydrogen (secondary N) is 4. The van der Waals surface area contributed by atoms with Crippen LogP contribution in [0, 0.1) is 0 Å². The molecular weight excluding hydrogens is 180 g/mol. The Morgan fingerprint density at radius 2 is 2.00 bits per heavy atom. The van der Waals surface area contributed by atoms with Crippen LogP contribution in [0.25, 0.3) is 0 Å². The smallest absolute Gasteiger partial charge is 0.186 e. The molecule has 5 nitrogen and oxygen atoms in total. The van der Waals surface area contributed by atoms with Gasteiger partial charge >= 0.3 is 0 Å². The molecule has 0 aromatic heterocycles. The fourth-order valence-electron chi connectivity index (χ4n) is 1.86. The molecule has 1 saturated heterocycles. The summed E-state index contributed by atoms with van der Waals surface area (Å²) in [4.78, 5) is 11.9. The van der Waals surface area contributed by atoms with E-state index in [1.165, 1.54) is 0 Å². The Hall–Kier alpha value is -1.43. The summed E-state index contributed by atoms with van der Waals surface area (Å²) < 4.78 is 0. The summed E-state index contributed by atoms with van der Waals surface area (Å²) in [5, 5.41) is 3.23. The van der Waals surface area contributed by atoms with Crippen LogP contribution in [-0.4, -0.2) is 18.0 Å². The molecular formula is C9H10N4O. The van der Waals surface area contributed by atoms with Gasteiger partial charge in [0.05, 0.1) is 0 Å². The van der Waals surface area contributed by atoms with Crippen molar-refractivity contribution >= 4 is 11.5 Å². The number of ketones is 1. The third-order valence-electron chi connectivity index (χ3n) is 2.57. The van der Waals surface area contributed by atoms with Crippen LogP contribution in [0.4, 0.5) is 5.69 Å². The number of para-hydroxylation sites is 1. The summed E-state index contributed by atoms with van der Waals surface area (Å²) in [6.45, 7) is 0. The van der Waals surface area contributed by atoms with E-state index < -0.39 is 0 Å². The molecule has 5 heteroatoms. The molecule has 2 heterocycles. The first-order valence-corrected chi connectivity index (χ1v) is 4.52. The Bertz CT molecular complexity index is 392. The lowest BCUT2D eigenvalue weighted by molar-refractivity contribution is 0.0940. The minimum atomic E-state index is -0.232. The topological polar surface area (TPSA) is 65.2 Å². The highest BCUT2D eigenvalue weighted by molar-refractivity contribution is 6.07. The maximum absolute atomic E-state index is 11.9. The summed E-state index contributed by atoms with van der Waals surface area (Å²) in [5.74, 6) is 0.113. The van der Waals surface area contributed by atoms with Gasteiger partial charge in [0.15, 0.2) is 5.78 Å². The van der Waals surface area contributed by atoms with Gasteiger partial charge in [0.1, 0.15) is 12.2 Å². The van der Waals surface area contributed by atoms with E-state index in [4.69, 9.17) is 0 Å². The number of Topliss-reactive ketones (excluding diaryl/α,β-unsaturated/α-hetero) is 1. The predicted octanol–water partition coefficient (Wildman–Crippen LogP) is -0.398. The molecule has 2 atom stereocenters. The largest absolute Gasteiger partial charge is 0.366 e. The Morgan fingerprint density at radius 3 is 2.93 bits per heavy atom. The molecule has 14 heavy (non-hydrogen) atoms. The van der Waals surface area contributed by atoms with Gasteiger partial charge in [0.25, 0.3) is 0 Å². The molecule has 2 unspecified atom stereocenters. The van der Waals surface area contributed by atoms with Crippen LogP contribution in [0.1, 0.15) is 10.4 Å². The van der Waals surface area contributed by atoms with Crippen molar-refractivity contribution in [2.45, 2.75) is 12.2 Å². The maximum atomic E-state index is 11.9. The lowest BCUT2D eigenvalue weighted by atomic mass is 9.97. The van der Waals surface area contributed by atoms with E-state index in [1.807, 2.05) is 24.3 Å². The standard InChI is InChI=1S/C9H10N4O/c14-8-5-3-1-2-4-6(5)10-9-7(8)11-13-12-9/h1-4,7,9-13H. The third-order valence-corrected chi connectivity index (χ3v) is 2.57. The highest BCUT2D eigenvalue weighted by atomic mass is 16.1. The van der Waals surface area contributed by atoms with Crippen molar-refractivity contribution in [2.75, 3.05) is 5.32 Å². The fraction of sp³-hybridized carbons (Fsp3) is 0.222. The number of carbonyl (C=O) groups excluding carboxylic acids is 1. The van der Waals surface area contributed by atoms with E-state index in [0.29, 0.717) is 0 Å². The van der Waals surface area contributed by atoms with Crippen molar-refractivity contribution in [1.82, 2.24) is 16.4 Å². The molecule has 3 rings (SSSR count). The minimum absolute atomic E-state index is 0.0719. The summed E-state index contributed by atoms with van der Waals surface area (Å²) in [5.41, 5.74) is 10.2. The van der Waals surface area contributed by atoms with Crippen molar-refractivity contribution in [3.63, 3.8) is 0 Å². The molecule has 0 radical (unpaired) electrons. The second-order valence-electron chi connectivity index (χ2n) is 3.42. The van der Waals surface area contributed by atoms with Gasteiger partial charge in [-0.2, -0.15) is 5.53 Å². The zero-order chi connectivity index (χ0) is 9.54. The summed E-state index contributed by atoms with van der Waals surface area (Å²) in [7, 11) is 0. The second-order valence-corrected chi connectivity index (χ2v) is 3.42. The van der Waals surface area contributed by atoms with Gasteiger partial charge in [-0.25, -0.2) is 10.9 Å². The summed E-state index contributed by atoms with van der Waals surface area (Å²) >= 11 is 0. The molecule has 0 amide bonds. The average molecular weight is 190 g/mol. The predicted molar refractivity (Wildman–Crippen MR) is 51.4 cm³/mol. The number of benzene rings is 1. The van der Waals surface area contributed by atoms with Crippen LogP contribution in [-0.2, 0) is 0 Å². The first-order valence-electron chi connectivity index (χ1n) is 4.52. The monoisotopic (exact) mass is 190 g/mol. The summed E-state index contributed by atoms with van der Waals surface area (Å²) in [6.07, 6.45) is -0.0719. The van der Waals surface area contributed by atoms with Crippen LogP contribution in [0.5, 0.6) is 0 Å². The van der Waals surface area contributed by atoms with Crippen molar-refractivity contribution in [3.05, 3.63) is 29.8 Å². The van der Waals surface area contributed by atoms with Crippen LogP contribution < -0.4 is 21.7 Å². The number of anilines is 1. The van der Waals surface area contributed by atoms with Gasteiger partial charge in [0, 0.05) is 11.3 Å². The van der Waals surface area contributed by atoms with E-state index in [9.17, 15) is 4.79 Å². The maximum Gasteiger partial charge on any atom is 0.186 e. The van der Waals surface area contributed by atoms with E-state index in [1.54, 1.807) is 0 Å². The van der Waals surface area contributed by atoms with E-state index in [0.717, 1.165) is 11.3 Å². The first kappa shape index (κ1) is 7.93. The molecule has 2 aliphatic heterocycles. The molecule has 0 aliphatic carbocycles. The second kappa shape index (κ2) is 2.78. The normalized spacial score (nSPS) is 29.3. The van der Waals surface area contributed by atoms with Crippen molar-refractivity contribution in [1.29, 1.82) is 0 Å². The number of hydrogen-bond acceptors (Lipinski definition) is 5. The number of fused-ring (bicyclic) bond motifs is 2. The first-order chi connectivity index (χ1) is 6.86. The highest BCUT2D eigenvalue weighted by Gasteiger charge is 2.38. The number of hydrogen-bond donors (Lipinski definition) is 4. The average Bonchev–Trinajstić information content (AvgIpc) is 2.66. The summed E-state index contributed by atoms with van der Waals surface area (Å²) in [6, 6.07) is 7.29. The Balaban J connectivity index is 2.08. The molecule has 0 saturated carbocycles. The van der Waals surface area contributed by atoms with Gasteiger partial charge in [0.2, 0.25) is 0 Å². The SMILES string of the molecule is O=C1c2ccccc2NC2NNNC12. The van der Waals surface area contributed by atoms with Crippen molar-refractivity contribution < 1.29 is 4.79 Å². The van der Waals surface area contributed by atoms with Crippen LogP contribution >= 0.6 is 0 Å². The lowest BCUT2D eigenvalue weighted by Crippen LogP contribution is -2.49. The van der Waals surface area contributed by atoms with E-state index in [-0.39, 0.29) is 18.0 Å².